The number of benzene rings is 1. The third-order valence-corrected chi connectivity index (χ3v) is 8.84. The van der Waals surface area contributed by atoms with Crippen molar-refractivity contribution in [1.82, 2.24) is 14.9 Å². The van der Waals surface area contributed by atoms with Crippen LogP contribution < -0.4 is 19.9 Å². The molecule has 36 heavy (non-hydrogen) atoms. The van der Waals surface area contributed by atoms with Crippen molar-refractivity contribution in [2.75, 3.05) is 61.6 Å². The zero-order chi connectivity index (χ0) is 24.1. The Kier molecular flexibility index (Phi) is 5.42. The van der Waals surface area contributed by atoms with Crippen LogP contribution in [-0.2, 0) is 0 Å². The van der Waals surface area contributed by atoms with Gasteiger partial charge in [-0.3, -0.25) is 4.98 Å². The molecule has 1 aromatic carbocycles. The highest BCUT2D eigenvalue weighted by atomic mass is 16.5. The van der Waals surface area contributed by atoms with E-state index in [2.05, 4.69) is 56.4 Å². The number of hydrogen-bond acceptors (Lipinski definition) is 7. The third-order valence-electron chi connectivity index (χ3n) is 8.84. The monoisotopic (exact) mass is 484 g/mol. The molecule has 7 heteroatoms. The largest absolute Gasteiger partial charge is 0.478 e. The van der Waals surface area contributed by atoms with Gasteiger partial charge in [-0.25, -0.2) is 4.98 Å². The summed E-state index contributed by atoms with van der Waals surface area (Å²) in [7, 11) is 2.19. The lowest BCUT2D eigenvalue weighted by Gasteiger charge is -2.49. The first-order valence-corrected chi connectivity index (χ1v) is 13.7. The first-order valence-electron chi connectivity index (χ1n) is 13.7. The number of rotatable bonds is 6. The number of nitrogens with one attached hydrogen (secondary N) is 1. The van der Waals surface area contributed by atoms with Crippen molar-refractivity contribution in [3.63, 3.8) is 0 Å². The van der Waals surface area contributed by atoms with E-state index in [1.165, 1.54) is 79.6 Å². The molecule has 0 unspecified atom stereocenters. The quantitative estimate of drug-likeness (QED) is 0.488. The number of fused-ring (bicyclic) bond motifs is 1. The minimum absolute atomic E-state index is 0.203. The van der Waals surface area contributed by atoms with Gasteiger partial charge in [-0.15, -0.1) is 0 Å². The Balaban J connectivity index is 1.15. The Bertz CT molecular complexity index is 1260. The lowest BCUT2D eigenvalue weighted by atomic mass is 9.75. The SMILES string of the molecule is CN1CN2c3c1cnc1ccc(-c4ccc(OCCCN5CCCCC5)nc4)c(c31)NCC21CCC1. The molecule has 2 fully saturated rings. The summed E-state index contributed by atoms with van der Waals surface area (Å²) in [4.78, 5) is 17.1. The van der Waals surface area contributed by atoms with Crippen molar-refractivity contribution in [1.29, 1.82) is 0 Å². The molecule has 0 atom stereocenters. The van der Waals surface area contributed by atoms with E-state index in [1.807, 2.05) is 12.3 Å². The maximum Gasteiger partial charge on any atom is 0.213 e. The van der Waals surface area contributed by atoms with Gasteiger partial charge in [0.05, 0.1) is 47.6 Å². The van der Waals surface area contributed by atoms with Gasteiger partial charge in [-0.05, 0) is 63.7 Å². The number of likely N-dealkylation sites (tertiary alicyclic amines) is 1. The van der Waals surface area contributed by atoms with Gasteiger partial charge in [0.2, 0.25) is 5.88 Å². The third kappa shape index (κ3) is 3.59. The van der Waals surface area contributed by atoms with E-state index in [0.29, 0.717) is 5.88 Å². The molecule has 4 aliphatic rings. The Labute approximate surface area is 213 Å². The van der Waals surface area contributed by atoms with E-state index < -0.39 is 0 Å². The van der Waals surface area contributed by atoms with Gasteiger partial charge in [0.15, 0.2) is 0 Å². The van der Waals surface area contributed by atoms with Crippen LogP contribution in [0.5, 0.6) is 5.88 Å². The van der Waals surface area contributed by atoms with Gasteiger partial charge in [-0.1, -0.05) is 12.5 Å². The predicted molar refractivity (Wildman–Crippen MR) is 146 cm³/mol. The zero-order valence-electron chi connectivity index (χ0n) is 21.3. The van der Waals surface area contributed by atoms with E-state index in [0.717, 1.165) is 43.9 Å². The van der Waals surface area contributed by atoms with Crippen LogP contribution in [0.2, 0.25) is 0 Å². The standard InChI is InChI=1S/C29H36N6O/c1-33-20-35-28-24(33)18-30-23-9-8-22(27(26(23)28)32-19-29(35)11-5-12-29)21-7-10-25(31-17-21)36-16-6-15-34-13-3-2-4-14-34/h7-10,17-18,32H,2-6,11-16,19-20H2,1H3. The van der Waals surface area contributed by atoms with E-state index in [1.54, 1.807) is 0 Å². The molecule has 1 saturated carbocycles. The smallest absolute Gasteiger partial charge is 0.213 e. The first kappa shape index (κ1) is 22.2. The molecular formula is C29H36N6O. The van der Waals surface area contributed by atoms with E-state index in [-0.39, 0.29) is 5.54 Å². The summed E-state index contributed by atoms with van der Waals surface area (Å²) >= 11 is 0. The maximum atomic E-state index is 5.99. The molecule has 1 aliphatic carbocycles. The molecule has 2 aromatic heterocycles. The number of pyridine rings is 2. The van der Waals surface area contributed by atoms with Gasteiger partial charge in [0.25, 0.3) is 0 Å². The van der Waals surface area contributed by atoms with Crippen LogP contribution in [0.3, 0.4) is 0 Å². The van der Waals surface area contributed by atoms with Crippen LogP contribution in [0.25, 0.3) is 22.0 Å². The van der Waals surface area contributed by atoms with Crippen molar-refractivity contribution in [3.8, 4) is 17.0 Å². The lowest BCUT2D eigenvalue weighted by molar-refractivity contribution is 0.203. The molecule has 3 aromatic rings. The van der Waals surface area contributed by atoms with Gasteiger partial charge in [0.1, 0.15) is 0 Å². The van der Waals surface area contributed by atoms with Crippen LogP contribution >= 0.6 is 0 Å². The Morgan fingerprint density at radius 2 is 1.89 bits per heavy atom. The minimum atomic E-state index is 0.203. The molecule has 188 valence electrons. The molecule has 0 radical (unpaired) electrons. The van der Waals surface area contributed by atoms with Crippen LogP contribution in [0.15, 0.2) is 36.7 Å². The summed E-state index contributed by atoms with van der Waals surface area (Å²) in [6.07, 6.45) is 12.9. The van der Waals surface area contributed by atoms with Crippen molar-refractivity contribution in [2.24, 2.45) is 0 Å². The summed E-state index contributed by atoms with van der Waals surface area (Å²) in [6.45, 7) is 6.22. The Hall–Kier alpha value is -3.06. The van der Waals surface area contributed by atoms with Crippen molar-refractivity contribution in [2.45, 2.75) is 50.5 Å². The molecular weight excluding hydrogens is 448 g/mol. The number of anilines is 3. The summed E-state index contributed by atoms with van der Waals surface area (Å²) < 4.78 is 5.99. The highest BCUT2D eigenvalue weighted by Gasteiger charge is 2.48. The maximum absolute atomic E-state index is 5.99. The van der Waals surface area contributed by atoms with Gasteiger partial charge >= 0.3 is 0 Å². The molecule has 3 aliphatic heterocycles. The fourth-order valence-corrected chi connectivity index (χ4v) is 6.63. The zero-order valence-corrected chi connectivity index (χ0v) is 21.3. The van der Waals surface area contributed by atoms with Gasteiger partial charge in [0, 0.05) is 48.9 Å². The molecule has 0 amide bonds. The second-order valence-electron chi connectivity index (χ2n) is 11.1. The molecule has 5 heterocycles. The number of nitrogens with zero attached hydrogens (tertiary/aromatic N) is 5. The minimum Gasteiger partial charge on any atom is -0.478 e. The molecule has 1 saturated heterocycles. The van der Waals surface area contributed by atoms with Crippen molar-refractivity contribution < 1.29 is 4.74 Å². The average molecular weight is 485 g/mol. The molecule has 7 rings (SSSR count). The molecule has 0 bridgehead atoms. The van der Waals surface area contributed by atoms with Crippen molar-refractivity contribution in [3.05, 3.63) is 36.7 Å². The van der Waals surface area contributed by atoms with Crippen LogP contribution in [0.4, 0.5) is 17.1 Å². The number of aromatic nitrogens is 2. The highest BCUT2D eigenvalue weighted by molar-refractivity contribution is 6.12. The Morgan fingerprint density at radius 1 is 1.00 bits per heavy atom. The average Bonchev–Trinajstić information content (AvgIpc) is 3.15. The summed E-state index contributed by atoms with van der Waals surface area (Å²) in [5, 5.41) is 5.13. The van der Waals surface area contributed by atoms with Gasteiger partial charge in [-0.2, -0.15) is 0 Å². The molecule has 1 spiro atoms. The Morgan fingerprint density at radius 3 is 2.67 bits per heavy atom. The molecule has 1 N–H and O–H groups in total. The summed E-state index contributed by atoms with van der Waals surface area (Å²) in [6, 6.07) is 8.53. The van der Waals surface area contributed by atoms with Gasteiger partial charge < -0.3 is 24.8 Å². The fourth-order valence-electron chi connectivity index (χ4n) is 6.63. The van der Waals surface area contributed by atoms with Crippen LogP contribution in [0, 0.1) is 0 Å². The van der Waals surface area contributed by atoms with E-state index in [9.17, 15) is 0 Å². The lowest BCUT2D eigenvalue weighted by Crippen LogP contribution is -2.58. The summed E-state index contributed by atoms with van der Waals surface area (Å²) in [5.41, 5.74) is 7.34. The van der Waals surface area contributed by atoms with Crippen molar-refractivity contribution >= 4 is 28.0 Å². The number of hydrogen-bond donors (Lipinski definition) is 1. The normalized spacial score (nSPS) is 20.4. The second kappa shape index (κ2) is 8.80. The number of piperidine rings is 1. The van der Waals surface area contributed by atoms with E-state index >= 15 is 0 Å². The number of ether oxygens (including phenoxy) is 1. The second-order valence-corrected chi connectivity index (χ2v) is 11.1. The predicted octanol–water partition coefficient (Wildman–Crippen LogP) is 5.11. The van der Waals surface area contributed by atoms with Crippen LogP contribution in [0.1, 0.15) is 44.9 Å². The van der Waals surface area contributed by atoms with E-state index in [4.69, 9.17) is 9.72 Å². The topological polar surface area (TPSA) is 56.8 Å². The highest BCUT2D eigenvalue weighted by Crippen LogP contribution is 2.54. The fraction of sp³-hybridized carbons (Fsp3) is 0.517. The summed E-state index contributed by atoms with van der Waals surface area (Å²) in [5.74, 6) is 0.709. The first-order chi connectivity index (χ1) is 17.7. The van der Waals surface area contributed by atoms with Crippen LogP contribution in [-0.4, -0.2) is 66.9 Å². The molecule has 7 nitrogen and oxygen atoms in total.